The Hall–Kier alpha value is -1.94. The van der Waals surface area contributed by atoms with Crippen LogP contribution in [0.25, 0.3) is 0 Å². The lowest BCUT2D eigenvalue weighted by molar-refractivity contribution is -0.156. The molecule has 0 saturated heterocycles. The lowest BCUT2D eigenvalue weighted by Crippen LogP contribution is -2.28. The van der Waals surface area contributed by atoms with Crippen molar-refractivity contribution in [3.8, 4) is 11.5 Å². The van der Waals surface area contributed by atoms with E-state index in [-0.39, 0.29) is 54.2 Å². The molecule has 2 aliphatic carbocycles. The van der Waals surface area contributed by atoms with Gasteiger partial charge in [-0.15, -0.1) is 0 Å². The van der Waals surface area contributed by atoms with Crippen LogP contribution >= 0.6 is 69.6 Å². The van der Waals surface area contributed by atoms with Crippen LogP contribution in [-0.2, 0) is 19.1 Å². The second-order valence-electron chi connectivity index (χ2n) is 13.1. The van der Waals surface area contributed by atoms with Crippen molar-refractivity contribution in [3.05, 3.63) is 53.4 Å². The second-order valence-corrected chi connectivity index (χ2v) is 15.5. The van der Waals surface area contributed by atoms with E-state index in [0.29, 0.717) is 11.8 Å². The summed E-state index contributed by atoms with van der Waals surface area (Å²) in [6.07, 6.45) is 7.30. The highest BCUT2D eigenvalue weighted by Crippen LogP contribution is 2.52. The number of rotatable bonds is 14. The molecule has 0 spiro atoms. The molecule has 262 valence electrons. The van der Waals surface area contributed by atoms with E-state index >= 15 is 0 Å². The van der Waals surface area contributed by atoms with Crippen molar-refractivity contribution in [1.29, 1.82) is 0 Å². The molecule has 0 aliphatic heterocycles. The molecule has 8 nitrogen and oxygen atoms in total. The third kappa shape index (κ3) is 9.23. The Balaban J connectivity index is 1.53. The third-order valence-corrected chi connectivity index (χ3v) is 11.2. The number of carbonyl (C=O) groups is 4. The molecule has 48 heavy (non-hydrogen) atoms. The lowest BCUT2D eigenvalue weighted by Gasteiger charge is -2.20. The summed E-state index contributed by atoms with van der Waals surface area (Å²) in [5.41, 5.74) is -1.19. The molecule has 2 atom stereocenters. The minimum Gasteiger partial charge on any atom is -0.461 e. The quantitative estimate of drug-likeness (QED) is 0.0807. The van der Waals surface area contributed by atoms with Crippen molar-refractivity contribution < 1.29 is 38.1 Å². The lowest BCUT2D eigenvalue weighted by atomic mass is 9.92. The zero-order valence-electron chi connectivity index (χ0n) is 26.9. The largest absolute Gasteiger partial charge is 0.461 e. The van der Waals surface area contributed by atoms with Gasteiger partial charge in [-0.05, 0) is 62.5 Å². The third-order valence-electron chi connectivity index (χ3n) is 9.11. The molecule has 2 fully saturated rings. The highest BCUT2D eigenvalue weighted by Gasteiger charge is 2.46. The molecule has 2 aromatic rings. The molecule has 0 bridgehead atoms. The highest BCUT2D eigenvalue weighted by atomic mass is 35.5. The van der Waals surface area contributed by atoms with Crippen LogP contribution in [0.15, 0.2) is 12.1 Å². The summed E-state index contributed by atoms with van der Waals surface area (Å²) >= 11 is 37.6. The van der Waals surface area contributed by atoms with Crippen molar-refractivity contribution in [2.24, 2.45) is 22.7 Å². The minimum absolute atomic E-state index is 0.111. The van der Waals surface area contributed by atoms with E-state index in [0.717, 1.165) is 63.5 Å². The number of hydrogen-bond donors (Lipinski definition) is 0. The predicted molar refractivity (Wildman–Crippen MR) is 186 cm³/mol. The highest BCUT2D eigenvalue weighted by molar-refractivity contribution is 6.47. The molecule has 0 heterocycles. The Morgan fingerprint density at radius 1 is 0.625 bits per heavy atom. The fraction of sp³-hybridized carbons (Fsp3) is 0.529. The maximum atomic E-state index is 13.3. The van der Waals surface area contributed by atoms with Gasteiger partial charge in [-0.25, -0.2) is 19.2 Å². The van der Waals surface area contributed by atoms with Gasteiger partial charge in [0.25, 0.3) is 0 Å². The summed E-state index contributed by atoms with van der Waals surface area (Å²) in [6.45, 7) is 8.65. The fourth-order valence-corrected chi connectivity index (χ4v) is 6.95. The van der Waals surface area contributed by atoms with Crippen LogP contribution in [0.2, 0.25) is 30.1 Å². The number of ether oxygens (including phenoxy) is 4. The Kier molecular flexibility index (Phi) is 12.9. The van der Waals surface area contributed by atoms with Gasteiger partial charge in [-0.1, -0.05) is 110 Å². The first-order chi connectivity index (χ1) is 22.6. The van der Waals surface area contributed by atoms with E-state index in [2.05, 4.69) is 27.7 Å². The molecule has 0 aromatic heterocycles. The molecule has 2 saturated carbocycles. The number of carbonyl (C=O) groups excluding carboxylic acids is 4. The average Bonchev–Trinajstić information content (AvgIpc) is 3.98. The Labute approximate surface area is 309 Å². The van der Waals surface area contributed by atoms with Gasteiger partial charge in [0.1, 0.15) is 11.1 Å². The van der Waals surface area contributed by atoms with E-state index in [4.69, 9.17) is 88.6 Å². The van der Waals surface area contributed by atoms with Crippen LogP contribution in [0.4, 0.5) is 0 Å². The summed E-state index contributed by atoms with van der Waals surface area (Å²) in [5, 5.41) is -1.43. The van der Waals surface area contributed by atoms with Crippen molar-refractivity contribution in [3.63, 3.8) is 0 Å². The standard InChI is InChI=1S/C34H36Cl6O8/c1-5-17(3)13-33(7-8-33)15-45-29(41)23-25(39)19(35)11-21(37)27(23)47-31(43)32(44)48-28-22(38)12-20(36)26(40)24(28)30(42)46-16-34(9-10-34)14-18(4)6-2/h11-12,17-18H,5-10,13-16H2,1-4H3. The van der Waals surface area contributed by atoms with Crippen molar-refractivity contribution in [1.82, 2.24) is 0 Å². The molecular formula is C34H36Cl6O8. The molecule has 0 amide bonds. The molecule has 4 rings (SSSR count). The van der Waals surface area contributed by atoms with Gasteiger partial charge in [0.15, 0.2) is 11.5 Å². The molecule has 0 radical (unpaired) electrons. The monoisotopic (exact) mass is 782 g/mol. The van der Waals surface area contributed by atoms with Gasteiger partial charge in [0, 0.05) is 10.8 Å². The number of halogens is 6. The summed E-state index contributed by atoms with van der Waals surface area (Å²) in [4.78, 5) is 52.7. The normalized spacial score (nSPS) is 16.8. The first kappa shape index (κ1) is 38.9. The number of benzene rings is 2. The van der Waals surface area contributed by atoms with Crippen LogP contribution in [-0.4, -0.2) is 37.1 Å². The molecule has 14 heteroatoms. The second kappa shape index (κ2) is 15.9. The number of hydrogen-bond acceptors (Lipinski definition) is 8. The Bertz CT molecular complexity index is 1480. The van der Waals surface area contributed by atoms with Crippen LogP contribution in [0.3, 0.4) is 0 Å². The van der Waals surface area contributed by atoms with Gasteiger partial charge in [-0.2, -0.15) is 0 Å². The maximum Gasteiger partial charge on any atom is 0.423 e. The summed E-state index contributed by atoms with van der Waals surface area (Å²) in [6, 6.07) is 2.28. The van der Waals surface area contributed by atoms with Crippen LogP contribution in [0, 0.1) is 22.7 Å². The first-order valence-corrected chi connectivity index (χ1v) is 18.0. The number of esters is 4. The minimum atomic E-state index is -1.63. The van der Waals surface area contributed by atoms with Crippen LogP contribution in [0.5, 0.6) is 11.5 Å². The molecule has 2 unspecified atom stereocenters. The zero-order valence-corrected chi connectivity index (χ0v) is 31.4. The molecular weight excluding hydrogens is 749 g/mol. The molecule has 2 aliphatic rings. The van der Waals surface area contributed by atoms with Gasteiger partial charge in [0.05, 0.1) is 43.3 Å². The maximum absolute atomic E-state index is 13.3. The van der Waals surface area contributed by atoms with Crippen LogP contribution in [0.1, 0.15) is 99.8 Å². The fourth-order valence-electron chi connectivity index (χ4n) is 5.51. The average molecular weight is 785 g/mol. The van der Waals surface area contributed by atoms with Crippen LogP contribution < -0.4 is 9.47 Å². The van der Waals surface area contributed by atoms with Crippen molar-refractivity contribution in [2.75, 3.05) is 13.2 Å². The van der Waals surface area contributed by atoms with Gasteiger partial charge >= 0.3 is 23.9 Å². The predicted octanol–water partition coefficient (Wildman–Crippen LogP) is 10.9. The van der Waals surface area contributed by atoms with Gasteiger partial charge in [0.2, 0.25) is 0 Å². The Morgan fingerprint density at radius 2 is 0.958 bits per heavy atom. The molecule has 2 aromatic carbocycles. The summed E-state index contributed by atoms with van der Waals surface area (Å²) in [5.74, 6) is -5.42. The van der Waals surface area contributed by atoms with E-state index in [1.165, 1.54) is 0 Å². The van der Waals surface area contributed by atoms with Crippen molar-refractivity contribution in [2.45, 2.75) is 79.1 Å². The first-order valence-electron chi connectivity index (χ1n) is 15.7. The molecule has 0 N–H and O–H groups in total. The van der Waals surface area contributed by atoms with E-state index < -0.39 is 46.5 Å². The smallest absolute Gasteiger partial charge is 0.423 e. The Morgan fingerprint density at radius 3 is 1.25 bits per heavy atom. The SMILES string of the molecule is CCC(C)CC1(COC(=O)c2c(Cl)c(Cl)cc(Cl)c2OC(=O)C(=O)Oc2c(Cl)cc(Cl)c(Cl)c2C(=O)OCC2(CC(C)CC)CC2)CC1. The zero-order chi connectivity index (χ0) is 35.6. The van der Waals surface area contributed by atoms with E-state index in [1.807, 2.05) is 0 Å². The summed E-state index contributed by atoms with van der Waals surface area (Å²) in [7, 11) is 0. The van der Waals surface area contributed by atoms with Gasteiger partial charge < -0.3 is 18.9 Å². The van der Waals surface area contributed by atoms with E-state index in [1.54, 1.807) is 0 Å². The van der Waals surface area contributed by atoms with Gasteiger partial charge in [-0.3, -0.25) is 0 Å². The summed E-state index contributed by atoms with van der Waals surface area (Å²) < 4.78 is 21.6. The topological polar surface area (TPSA) is 105 Å². The van der Waals surface area contributed by atoms with E-state index in [9.17, 15) is 19.2 Å². The van der Waals surface area contributed by atoms with Crippen molar-refractivity contribution >= 4 is 93.5 Å².